The average molecular weight is 425 g/mol. The second kappa shape index (κ2) is 7.28. The summed E-state index contributed by atoms with van der Waals surface area (Å²) in [5.41, 5.74) is -1.20. The number of carbonyl (C=O) groups excluding carboxylic acids is 2. The first kappa shape index (κ1) is 20.7. The van der Waals surface area contributed by atoms with Crippen molar-refractivity contribution in [2.45, 2.75) is 63.9 Å². The van der Waals surface area contributed by atoms with E-state index in [0.29, 0.717) is 18.1 Å². The van der Waals surface area contributed by atoms with Crippen LogP contribution in [0.3, 0.4) is 0 Å². The molecule has 30 heavy (non-hydrogen) atoms. The lowest BCUT2D eigenvalue weighted by Crippen LogP contribution is -2.48. The summed E-state index contributed by atoms with van der Waals surface area (Å²) in [5.74, 6) is -0.00697. The van der Waals surface area contributed by atoms with Gasteiger partial charge in [0.2, 0.25) is 0 Å². The van der Waals surface area contributed by atoms with Gasteiger partial charge in [0.1, 0.15) is 11.6 Å². The molecule has 2 bridgehead atoms. The van der Waals surface area contributed by atoms with Crippen molar-refractivity contribution in [1.82, 2.24) is 4.90 Å². The Bertz CT molecular complexity index is 850. The third kappa shape index (κ3) is 4.15. The topological polar surface area (TPSA) is 74.3 Å². The Labute approximate surface area is 173 Å². The number of alkyl halides is 2. The molecule has 0 N–H and O–H groups in total. The molecule has 164 valence electrons. The fraction of sp³-hybridized carbons (Fsp3) is 0.619. The van der Waals surface area contributed by atoms with Gasteiger partial charge in [0.05, 0.1) is 13.2 Å². The van der Waals surface area contributed by atoms with Gasteiger partial charge in [-0.3, -0.25) is 4.90 Å². The normalized spacial score (nSPS) is 25.5. The lowest BCUT2D eigenvalue weighted by atomic mass is 9.92. The number of ether oxygens (including phenoxy) is 4. The SMILES string of the molecule is CC(C)(C)OC(=O)N1C[C@@]2(c3ccc(OC(F)F)c(OCC4CC4)c3)C[C@@H]1C(=O)O2. The zero-order valence-electron chi connectivity index (χ0n) is 17.2. The Morgan fingerprint density at radius 2 is 2.03 bits per heavy atom. The highest BCUT2D eigenvalue weighted by Crippen LogP contribution is 2.48. The summed E-state index contributed by atoms with van der Waals surface area (Å²) in [6.45, 7) is 2.79. The van der Waals surface area contributed by atoms with Gasteiger partial charge in [-0.05, 0) is 51.7 Å². The summed E-state index contributed by atoms with van der Waals surface area (Å²) in [5, 5.41) is 0. The van der Waals surface area contributed by atoms with Crippen LogP contribution in [-0.4, -0.2) is 48.4 Å². The van der Waals surface area contributed by atoms with Crippen LogP contribution in [-0.2, 0) is 19.9 Å². The maximum atomic E-state index is 12.8. The quantitative estimate of drug-likeness (QED) is 0.645. The largest absolute Gasteiger partial charge is 0.489 e. The van der Waals surface area contributed by atoms with Gasteiger partial charge in [0.15, 0.2) is 17.1 Å². The Hall–Kier alpha value is -2.58. The predicted molar refractivity (Wildman–Crippen MR) is 100 cm³/mol. The number of carbonyl (C=O) groups is 2. The van der Waals surface area contributed by atoms with Crippen LogP contribution in [0.4, 0.5) is 13.6 Å². The van der Waals surface area contributed by atoms with Crippen LogP contribution in [0, 0.1) is 5.92 Å². The zero-order chi connectivity index (χ0) is 21.7. The standard InChI is InChI=1S/C21H25F2NO6/c1-20(2,3)30-19(26)24-11-21(9-14(24)17(25)29-21)13-6-7-15(28-18(22)23)16(8-13)27-10-12-4-5-12/h6-8,12,14,18H,4-5,9-11H2,1-3H3/t14-,21-/m1/s1. The molecule has 9 heteroatoms. The Balaban J connectivity index is 1.59. The number of likely N-dealkylation sites (tertiary alicyclic amines) is 1. The van der Waals surface area contributed by atoms with Crippen LogP contribution < -0.4 is 9.47 Å². The minimum absolute atomic E-state index is 0.0753. The van der Waals surface area contributed by atoms with Crippen molar-refractivity contribution in [3.63, 3.8) is 0 Å². The van der Waals surface area contributed by atoms with E-state index in [2.05, 4.69) is 4.74 Å². The first-order chi connectivity index (χ1) is 14.1. The summed E-state index contributed by atoms with van der Waals surface area (Å²) in [7, 11) is 0. The Morgan fingerprint density at radius 3 is 2.67 bits per heavy atom. The van der Waals surface area contributed by atoms with Crippen molar-refractivity contribution in [3.8, 4) is 11.5 Å². The summed E-state index contributed by atoms with van der Waals surface area (Å²) in [4.78, 5) is 26.3. The molecule has 3 fully saturated rings. The van der Waals surface area contributed by atoms with Gasteiger partial charge in [0, 0.05) is 12.0 Å². The number of benzene rings is 1. The van der Waals surface area contributed by atoms with Crippen molar-refractivity contribution in [2.75, 3.05) is 13.2 Å². The maximum Gasteiger partial charge on any atom is 0.411 e. The summed E-state index contributed by atoms with van der Waals surface area (Å²) in [6, 6.07) is 3.77. The van der Waals surface area contributed by atoms with E-state index in [1.165, 1.54) is 11.0 Å². The Morgan fingerprint density at radius 1 is 1.30 bits per heavy atom. The minimum Gasteiger partial charge on any atom is -0.489 e. The fourth-order valence-electron chi connectivity index (χ4n) is 3.79. The van der Waals surface area contributed by atoms with Crippen LogP contribution in [0.25, 0.3) is 0 Å². The number of halogens is 2. The average Bonchev–Trinajstić information content (AvgIpc) is 3.30. The van der Waals surface area contributed by atoms with Gasteiger partial charge < -0.3 is 18.9 Å². The first-order valence-electron chi connectivity index (χ1n) is 10.0. The zero-order valence-corrected chi connectivity index (χ0v) is 17.2. The summed E-state index contributed by atoms with van der Waals surface area (Å²) < 4.78 is 46.9. The van der Waals surface area contributed by atoms with Crippen LogP contribution in [0.5, 0.6) is 11.5 Å². The molecule has 0 radical (unpaired) electrons. The summed E-state index contributed by atoms with van der Waals surface area (Å²) in [6.07, 6.45) is 1.76. The molecule has 2 saturated heterocycles. The van der Waals surface area contributed by atoms with E-state index < -0.39 is 35.9 Å². The van der Waals surface area contributed by atoms with Crippen molar-refractivity contribution >= 4 is 12.1 Å². The number of esters is 1. The molecule has 7 nitrogen and oxygen atoms in total. The van der Waals surface area contributed by atoms with Crippen LogP contribution in [0.1, 0.15) is 45.6 Å². The van der Waals surface area contributed by atoms with E-state index >= 15 is 0 Å². The van der Waals surface area contributed by atoms with Gasteiger partial charge >= 0.3 is 18.7 Å². The Kier molecular flexibility index (Phi) is 5.02. The van der Waals surface area contributed by atoms with E-state index in [-0.39, 0.29) is 24.5 Å². The van der Waals surface area contributed by atoms with E-state index in [1.54, 1.807) is 32.9 Å². The van der Waals surface area contributed by atoms with Crippen molar-refractivity contribution in [1.29, 1.82) is 0 Å². The molecular weight excluding hydrogens is 400 g/mol. The van der Waals surface area contributed by atoms with Crippen LogP contribution in [0.15, 0.2) is 18.2 Å². The van der Waals surface area contributed by atoms with Gasteiger partial charge in [-0.25, -0.2) is 9.59 Å². The molecule has 3 aliphatic rings. The maximum absolute atomic E-state index is 12.8. The van der Waals surface area contributed by atoms with E-state index in [0.717, 1.165) is 12.8 Å². The first-order valence-corrected chi connectivity index (χ1v) is 10.0. The second-order valence-corrected chi connectivity index (χ2v) is 9.04. The number of hydrogen-bond acceptors (Lipinski definition) is 6. The van der Waals surface area contributed by atoms with Crippen molar-refractivity contribution < 1.29 is 37.3 Å². The molecule has 0 unspecified atom stereocenters. The second-order valence-electron chi connectivity index (χ2n) is 9.04. The molecule has 1 aromatic rings. The molecule has 2 atom stereocenters. The molecule has 2 aliphatic heterocycles. The lowest BCUT2D eigenvalue weighted by Gasteiger charge is -2.33. The molecule has 1 amide bonds. The highest BCUT2D eigenvalue weighted by Gasteiger charge is 2.60. The fourth-order valence-corrected chi connectivity index (χ4v) is 3.79. The number of rotatable bonds is 6. The van der Waals surface area contributed by atoms with E-state index in [4.69, 9.17) is 14.2 Å². The predicted octanol–water partition coefficient (Wildman–Crippen LogP) is 3.84. The minimum atomic E-state index is -2.99. The number of morpholine rings is 1. The molecule has 0 aromatic heterocycles. The number of hydrogen-bond donors (Lipinski definition) is 0. The molecule has 1 saturated carbocycles. The third-order valence-corrected chi connectivity index (χ3v) is 5.38. The summed E-state index contributed by atoms with van der Waals surface area (Å²) >= 11 is 0. The molecule has 1 aliphatic carbocycles. The van der Waals surface area contributed by atoms with Crippen molar-refractivity contribution in [3.05, 3.63) is 23.8 Å². The highest BCUT2D eigenvalue weighted by molar-refractivity contribution is 5.86. The van der Waals surface area contributed by atoms with Gasteiger partial charge in [-0.15, -0.1) is 0 Å². The highest BCUT2D eigenvalue weighted by atomic mass is 19.3. The monoisotopic (exact) mass is 425 g/mol. The van der Waals surface area contributed by atoms with Crippen LogP contribution >= 0.6 is 0 Å². The molecule has 1 aromatic carbocycles. The number of nitrogens with zero attached hydrogens (tertiary/aromatic N) is 1. The van der Waals surface area contributed by atoms with E-state index in [9.17, 15) is 18.4 Å². The van der Waals surface area contributed by atoms with Gasteiger partial charge in [-0.2, -0.15) is 8.78 Å². The van der Waals surface area contributed by atoms with Gasteiger partial charge in [-0.1, -0.05) is 6.07 Å². The number of amides is 1. The smallest absolute Gasteiger partial charge is 0.411 e. The molecular formula is C21H25F2NO6. The lowest BCUT2D eigenvalue weighted by molar-refractivity contribution is -0.160. The molecule has 4 rings (SSSR count). The third-order valence-electron chi connectivity index (χ3n) is 5.38. The van der Waals surface area contributed by atoms with Gasteiger partial charge in [0.25, 0.3) is 0 Å². The molecule has 0 spiro atoms. The molecule has 2 heterocycles. The van der Waals surface area contributed by atoms with Crippen molar-refractivity contribution in [2.24, 2.45) is 5.92 Å². The number of fused-ring (bicyclic) bond motifs is 2. The van der Waals surface area contributed by atoms with E-state index in [1.807, 2.05) is 0 Å². The van der Waals surface area contributed by atoms with Crippen LogP contribution in [0.2, 0.25) is 0 Å².